The molecule has 0 fully saturated rings. The van der Waals surface area contributed by atoms with Gasteiger partial charge in [0.15, 0.2) is 0 Å². The van der Waals surface area contributed by atoms with Crippen LogP contribution in [0.3, 0.4) is 0 Å². The zero-order chi connectivity index (χ0) is 14.4. The number of anilines is 1. The number of hydrogen-bond donors (Lipinski definition) is 1. The molecular weight excluding hydrogens is 274 g/mol. The van der Waals surface area contributed by atoms with Crippen LogP contribution < -0.4 is 24.9 Å². The van der Waals surface area contributed by atoms with Gasteiger partial charge in [-0.2, -0.15) is 0 Å². The lowest BCUT2D eigenvalue weighted by Gasteiger charge is -2.03. The van der Waals surface area contributed by atoms with Gasteiger partial charge in [-0.15, -0.1) is 0 Å². The van der Waals surface area contributed by atoms with Crippen LogP contribution in [0.5, 0.6) is 0 Å². The molecule has 0 aliphatic heterocycles. The smallest absolute Gasteiger partial charge is 0.326 e. The van der Waals surface area contributed by atoms with Crippen molar-refractivity contribution in [2.45, 2.75) is 0 Å². The Kier molecular flexibility index (Phi) is 2.23. The first-order valence-electron chi connectivity index (χ1n) is 5.15. The molecule has 0 atom stereocenters. The predicted molar refractivity (Wildman–Crippen MR) is 58.0 cm³/mol. The van der Waals surface area contributed by atoms with Crippen LogP contribution in [-0.2, 0) is 0 Å². The minimum Gasteiger partial charge on any atom is -0.590 e. The molecule has 0 unspecified atom stereocenters. The maximum atomic E-state index is 11.7. The number of nitrogens with one attached hydrogen (secondary N) is 1. The largest absolute Gasteiger partial charge is 0.590 e. The summed E-state index contributed by atoms with van der Waals surface area (Å²) in [5.41, 5.74) is -0.601. The van der Waals surface area contributed by atoms with Crippen molar-refractivity contribution in [3.63, 3.8) is 0 Å². The molecule has 13 nitrogen and oxygen atoms in total. The molecule has 0 amide bonds. The van der Waals surface area contributed by atoms with Gasteiger partial charge in [0.25, 0.3) is 5.52 Å². The first-order chi connectivity index (χ1) is 9.51. The first-order valence-corrected chi connectivity index (χ1v) is 5.15. The molecule has 1 N–H and O–H groups in total. The van der Waals surface area contributed by atoms with Crippen molar-refractivity contribution in [1.29, 1.82) is 0 Å². The maximum absolute atomic E-state index is 11.7. The molecular formula is C7H5N9O4. The normalized spacial score (nSPS) is 11.1. The zero-order valence-corrected chi connectivity index (χ0v) is 9.79. The number of fused-ring (bicyclic) bond motifs is 3. The van der Waals surface area contributed by atoms with E-state index < -0.39 is 0 Å². The standard InChI is InChI=1S/C7H5N9O4/c1-8-3-2-4-7(14(18)11-15(19)9-4)5-6(3)13(17)12-16(20)10-5/h2,8H,1H3. The molecule has 13 heteroatoms. The van der Waals surface area contributed by atoms with E-state index in [0.29, 0.717) is 0 Å². The topological polar surface area (TPSA) is 171 Å². The van der Waals surface area contributed by atoms with Gasteiger partial charge in [0.05, 0.1) is 10.2 Å². The van der Waals surface area contributed by atoms with Crippen LogP contribution in [0, 0.1) is 20.8 Å². The highest BCUT2D eigenvalue weighted by Gasteiger charge is 2.29. The fraction of sp³-hybridized carbons (Fsp3) is 0.143. The fourth-order valence-electron chi connectivity index (χ4n) is 1.82. The summed E-state index contributed by atoms with van der Waals surface area (Å²) < 4.78 is 0. The molecule has 102 valence electrons. The van der Waals surface area contributed by atoms with E-state index in [-0.39, 0.29) is 47.4 Å². The molecule has 3 aromatic rings. The van der Waals surface area contributed by atoms with E-state index in [2.05, 4.69) is 25.9 Å². The number of nitrogens with zero attached hydrogens (tertiary/aromatic N) is 8. The molecule has 0 saturated carbocycles. The lowest BCUT2D eigenvalue weighted by Crippen LogP contribution is -2.53. The molecule has 2 aromatic heterocycles. The van der Waals surface area contributed by atoms with Gasteiger partial charge >= 0.3 is 21.5 Å². The number of aromatic nitrogens is 8. The Balaban J connectivity index is 2.64. The van der Waals surface area contributed by atoms with E-state index in [4.69, 9.17) is 0 Å². The summed E-state index contributed by atoms with van der Waals surface area (Å²) in [6.07, 6.45) is 0. The van der Waals surface area contributed by atoms with Gasteiger partial charge in [-0.1, -0.05) is 0 Å². The summed E-state index contributed by atoms with van der Waals surface area (Å²) in [5.74, 6) is 0. The van der Waals surface area contributed by atoms with Crippen LogP contribution in [-0.4, -0.2) is 27.7 Å². The van der Waals surface area contributed by atoms with E-state index >= 15 is 0 Å². The second kappa shape index (κ2) is 3.81. The summed E-state index contributed by atoms with van der Waals surface area (Å²) in [4.78, 5) is -0.478. The zero-order valence-electron chi connectivity index (χ0n) is 9.79. The van der Waals surface area contributed by atoms with Gasteiger partial charge in [-0.3, -0.25) is 0 Å². The minimum absolute atomic E-state index is 0.0128. The Bertz CT molecular complexity index is 853. The lowest BCUT2D eigenvalue weighted by molar-refractivity contribution is -0.866. The van der Waals surface area contributed by atoms with Gasteiger partial charge < -0.3 is 26.1 Å². The predicted octanol–water partition coefficient (Wildman–Crippen LogP) is -3.85. The Morgan fingerprint density at radius 3 is 2.20 bits per heavy atom. The molecule has 20 heavy (non-hydrogen) atoms. The molecule has 0 bridgehead atoms. The molecule has 0 spiro atoms. The average molecular weight is 279 g/mol. The maximum Gasteiger partial charge on any atom is 0.326 e. The quantitative estimate of drug-likeness (QED) is 0.266. The van der Waals surface area contributed by atoms with E-state index in [1.165, 1.54) is 13.1 Å². The van der Waals surface area contributed by atoms with Crippen LogP contribution in [0.2, 0.25) is 0 Å². The molecule has 0 saturated heterocycles. The van der Waals surface area contributed by atoms with E-state index in [1.807, 2.05) is 0 Å². The van der Waals surface area contributed by atoms with Crippen LogP contribution in [0.4, 0.5) is 5.69 Å². The summed E-state index contributed by atoms with van der Waals surface area (Å²) >= 11 is 0. The van der Waals surface area contributed by atoms with Crippen LogP contribution >= 0.6 is 0 Å². The Labute approximate surface area is 108 Å². The molecule has 0 aliphatic rings. The van der Waals surface area contributed by atoms with Crippen LogP contribution in [0.15, 0.2) is 6.07 Å². The monoisotopic (exact) mass is 279 g/mol. The Morgan fingerprint density at radius 1 is 0.950 bits per heavy atom. The van der Waals surface area contributed by atoms with Crippen molar-refractivity contribution < 1.29 is 19.6 Å². The van der Waals surface area contributed by atoms with Crippen molar-refractivity contribution >= 4 is 27.8 Å². The van der Waals surface area contributed by atoms with Crippen molar-refractivity contribution in [1.82, 2.24) is 20.6 Å². The molecule has 2 heterocycles. The van der Waals surface area contributed by atoms with E-state index in [9.17, 15) is 20.8 Å². The molecule has 3 rings (SSSR count). The first kappa shape index (κ1) is 11.7. The highest BCUT2D eigenvalue weighted by Crippen LogP contribution is 2.22. The number of rotatable bonds is 1. The van der Waals surface area contributed by atoms with Gasteiger partial charge in [-0.25, -0.2) is 0 Å². The number of benzene rings is 1. The molecule has 0 radical (unpaired) electrons. The third-order valence-electron chi connectivity index (χ3n) is 2.57. The van der Waals surface area contributed by atoms with Crippen LogP contribution in [0.25, 0.3) is 22.1 Å². The summed E-state index contributed by atoms with van der Waals surface area (Å²) in [6, 6.07) is 1.27. The molecule has 0 aliphatic carbocycles. The summed E-state index contributed by atoms with van der Waals surface area (Å²) in [5, 5.41) is 61.1. The van der Waals surface area contributed by atoms with Crippen molar-refractivity contribution in [3.8, 4) is 0 Å². The van der Waals surface area contributed by atoms with Gasteiger partial charge in [0, 0.05) is 22.8 Å². The average Bonchev–Trinajstić information content (AvgIpc) is 2.35. The lowest BCUT2D eigenvalue weighted by atomic mass is 10.2. The van der Waals surface area contributed by atoms with Crippen LogP contribution in [0.1, 0.15) is 0 Å². The Hall–Kier alpha value is -3.38. The van der Waals surface area contributed by atoms with Gasteiger partial charge in [0.1, 0.15) is 15.6 Å². The third kappa shape index (κ3) is 1.49. The fourth-order valence-corrected chi connectivity index (χ4v) is 1.82. The van der Waals surface area contributed by atoms with Crippen molar-refractivity contribution in [2.75, 3.05) is 12.4 Å². The highest BCUT2D eigenvalue weighted by atomic mass is 16.6. The van der Waals surface area contributed by atoms with Gasteiger partial charge in [-0.05, 0) is 0 Å². The minimum atomic E-state index is -0.289. The SMILES string of the molecule is CNc1cc2n[n+]([O-])n[n+]([O-])c2c2n[n+]([O-])n[n+]([O-])c12. The second-order valence-electron chi connectivity index (χ2n) is 3.67. The van der Waals surface area contributed by atoms with Gasteiger partial charge in [0.2, 0.25) is 5.52 Å². The number of hydrogen-bond acceptors (Lipinski definition) is 9. The third-order valence-corrected chi connectivity index (χ3v) is 2.57. The van der Waals surface area contributed by atoms with Crippen molar-refractivity contribution in [3.05, 3.63) is 26.9 Å². The highest BCUT2D eigenvalue weighted by molar-refractivity contribution is 6.02. The Morgan fingerprint density at radius 2 is 1.55 bits per heavy atom. The van der Waals surface area contributed by atoms with E-state index in [0.717, 1.165) is 0 Å². The second-order valence-corrected chi connectivity index (χ2v) is 3.67. The van der Waals surface area contributed by atoms with E-state index in [1.54, 1.807) is 0 Å². The summed E-state index contributed by atoms with van der Waals surface area (Å²) in [7, 11) is 1.50. The van der Waals surface area contributed by atoms with Crippen molar-refractivity contribution in [2.24, 2.45) is 0 Å². The summed E-state index contributed by atoms with van der Waals surface area (Å²) in [6.45, 7) is 0. The molecule has 1 aromatic carbocycles.